The molecule has 6 nitrogen and oxygen atoms in total. The van der Waals surface area contributed by atoms with Crippen LogP contribution in [0.25, 0.3) is 5.52 Å². The predicted molar refractivity (Wildman–Crippen MR) is 113 cm³/mol. The third-order valence-corrected chi connectivity index (χ3v) is 5.46. The zero-order valence-electron chi connectivity index (χ0n) is 17.0. The van der Waals surface area contributed by atoms with Gasteiger partial charge in [0.05, 0.1) is 5.52 Å². The minimum absolute atomic E-state index is 0.108. The number of nitrogens with zero attached hydrogens (tertiary/aromatic N) is 4. The fourth-order valence-electron chi connectivity index (χ4n) is 3.95. The van der Waals surface area contributed by atoms with Crippen molar-refractivity contribution in [1.82, 2.24) is 14.3 Å². The fourth-order valence-corrected chi connectivity index (χ4v) is 3.95. The second-order valence-corrected chi connectivity index (χ2v) is 7.48. The Bertz CT molecular complexity index is 1050. The minimum atomic E-state index is -0.195. The van der Waals surface area contributed by atoms with Gasteiger partial charge < -0.3 is 9.80 Å². The van der Waals surface area contributed by atoms with Crippen LogP contribution in [0.4, 0.5) is 5.69 Å². The summed E-state index contributed by atoms with van der Waals surface area (Å²) in [5, 5.41) is 0. The van der Waals surface area contributed by atoms with E-state index in [0.29, 0.717) is 23.6 Å². The highest BCUT2D eigenvalue weighted by atomic mass is 16.2. The molecule has 0 aliphatic carbocycles. The lowest BCUT2D eigenvalue weighted by Crippen LogP contribution is -2.36. The van der Waals surface area contributed by atoms with Crippen LogP contribution < -0.4 is 4.90 Å². The molecule has 0 saturated carbocycles. The summed E-state index contributed by atoms with van der Waals surface area (Å²) in [6.07, 6.45) is 4.98. The number of piperidine rings is 1. The first-order valence-corrected chi connectivity index (χ1v) is 10.2. The molecular weight excluding hydrogens is 364 g/mol. The Hall–Kier alpha value is -3.15. The summed E-state index contributed by atoms with van der Waals surface area (Å²) in [7, 11) is 0. The van der Waals surface area contributed by atoms with Gasteiger partial charge in [-0.1, -0.05) is 18.2 Å². The van der Waals surface area contributed by atoms with Crippen molar-refractivity contribution in [3.05, 3.63) is 65.7 Å². The van der Waals surface area contributed by atoms with Crippen molar-refractivity contribution in [1.29, 1.82) is 0 Å². The SMILES string of the molecule is CCN(C(=O)c1nc(C(=O)N2CCCCC2)n2ccccc12)c1cccc(C)c1. The van der Waals surface area contributed by atoms with Gasteiger partial charge in [-0.3, -0.25) is 14.0 Å². The van der Waals surface area contributed by atoms with Crippen LogP contribution in [0, 0.1) is 6.92 Å². The lowest BCUT2D eigenvalue weighted by atomic mass is 10.1. The number of likely N-dealkylation sites (tertiary alicyclic amines) is 1. The van der Waals surface area contributed by atoms with E-state index < -0.39 is 0 Å². The van der Waals surface area contributed by atoms with E-state index in [-0.39, 0.29) is 11.8 Å². The van der Waals surface area contributed by atoms with Crippen molar-refractivity contribution < 1.29 is 9.59 Å². The highest BCUT2D eigenvalue weighted by molar-refractivity contribution is 6.10. The molecular formula is C23H26N4O2. The quantitative estimate of drug-likeness (QED) is 0.678. The zero-order chi connectivity index (χ0) is 20.4. The number of hydrogen-bond acceptors (Lipinski definition) is 3. The molecule has 3 aromatic rings. The molecule has 1 aromatic carbocycles. The van der Waals surface area contributed by atoms with E-state index in [4.69, 9.17) is 0 Å². The molecule has 0 unspecified atom stereocenters. The number of anilines is 1. The van der Waals surface area contributed by atoms with E-state index >= 15 is 0 Å². The molecule has 150 valence electrons. The number of hydrogen-bond donors (Lipinski definition) is 0. The molecule has 4 rings (SSSR count). The van der Waals surface area contributed by atoms with E-state index in [9.17, 15) is 9.59 Å². The van der Waals surface area contributed by atoms with Crippen LogP contribution in [-0.2, 0) is 0 Å². The Balaban J connectivity index is 1.75. The van der Waals surface area contributed by atoms with Crippen molar-refractivity contribution in [2.45, 2.75) is 33.1 Å². The van der Waals surface area contributed by atoms with Gasteiger partial charge in [-0.25, -0.2) is 4.98 Å². The van der Waals surface area contributed by atoms with Crippen molar-refractivity contribution >= 4 is 23.0 Å². The number of benzene rings is 1. The van der Waals surface area contributed by atoms with Gasteiger partial charge in [0, 0.05) is 31.5 Å². The summed E-state index contributed by atoms with van der Waals surface area (Å²) >= 11 is 0. The standard InChI is InChI=1S/C23H26N4O2/c1-3-26(18-11-9-10-17(2)16-18)22(28)20-19-12-5-8-15-27(19)21(24-20)23(29)25-13-6-4-7-14-25/h5,8-12,15-16H,3-4,6-7,13-14H2,1-2H3. The van der Waals surface area contributed by atoms with E-state index in [1.165, 1.54) is 0 Å². The lowest BCUT2D eigenvalue weighted by Gasteiger charge is -2.25. The summed E-state index contributed by atoms with van der Waals surface area (Å²) in [5.74, 6) is 0.00851. The molecule has 1 aliphatic heterocycles. The molecule has 3 heterocycles. The minimum Gasteiger partial charge on any atom is -0.336 e. The number of imidazole rings is 1. The van der Waals surface area contributed by atoms with E-state index in [0.717, 1.165) is 43.6 Å². The smallest absolute Gasteiger partial charge is 0.290 e. The number of carbonyl (C=O) groups excluding carboxylic acids is 2. The number of carbonyl (C=O) groups is 2. The van der Waals surface area contributed by atoms with Crippen LogP contribution in [0.15, 0.2) is 48.7 Å². The van der Waals surface area contributed by atoms with Crippen LogP contribution in [0.5, 0.6) is 0 Å². The second kappa shape index (κ2) is 8.07. The summed E-state index contributed by atoms with van der Waals surface area (Å²) < 4.78 is 1.74. The number of aromatic nitrogens is 2. The molecule has 0 spiro atoms. The molecule has 1 fully saturated rings. The molecule has 29 heavy (non-hydrogen) atoms. The van der Waals surface area contributed by atoms with Crippen LogP contribution in [-0.4, -0.2) is 45.7 Å². The number of amides is 2. The Morgan fingerprint density at radius 2 is 1.86 bits per heavy atom. The molecule has 0 radical (unpaired) electrons. The maximum absolute atomic E-state index is 13.4. The molecule has 0 N–H and O–H groups in total. The van der Waals surface area contributed by atoms with Crippen molar-refractivity contribution in [2.75, 3.05) is 24.5 Å². The topological polar surface area (TPSA) is 57.9 Å². The maximum Gasteiger partial charge on any atom is 0.290 e. The Morgan fingerprint density at radius 3 is 2.59 bits per heavy atom. The summed E-state index contributed by atoms with van der Waals surface area (Å²) in [4.78, 5) is 34.7. The predicted octanol–water partition coefficient (Wildman–Crippen LogP) is 3.94. The van der Waals surface area contributed by atoms with Crippen LogP contribution in [0.1, 0.15) is 52.9 Å². The Morgan fingerprint density at radius 1 is 1.07 bits per heavy atom. The van der Waals surface area contributed by atoms with Crippen LogP contribution in [0.3, 0.4) is 0 Å². The van der Waals surface area contributed by atoms with Gasteiger partial charge >= 0.3 is 0 Å². The monoisotopic (exact) mass is 390 g/mol. The Kier molecular flexibility index (Phi) is 5.34. The third-order valence-electron chi connectivity index (χ3n) is 5.46. The van der Waals surface area contributed by atoms with Gasteiger partial charge in [-0.05, 0) is 62.9 Å². The molecule has 6 heteroatoms. The second-order valence-electron chi connectivity index (χ2n) is 7.48. The van der Waals surface area contributed by atoms with Gasteiger partial charge in [0.1, 0.15) is 0 Å². The van der Waals surface area contributed by atoms with Gasteiger partial charge in [0.2, 0.25) is 5.82 Å². The largest absolute Gasteiger partial charge is 0.336 e. The summed E-state index contributed by atoms with van der Waals surface area (Å²) in [5.41, 5.74) is 2.89. The molecule has 1 aliphatic rings. The van der Waals surface area contributed by atoms with Crippen LogP contribution in [0.2, 0.25) is 0 Å². The van der Waals surface area contributed by atoms with Gasteiger partial charge in [0.15, 0.2) is 5.69 Å². The van der Waals surface area contributed by atoms with Crippen molar-refractivity contribution in [3.8, 4) is 0 Å². The lowest BCUT2D eigenvalue weighted by molar-refractivity contribution is 0.0711. The molecule has 0 bridgehead atoms. The average Bonchev–Trinajstić information content (AvgIpc) is 3.14. The van der Waals surface area contributed by atoms with Gasteiger partial charge in [-0.2, -0.15) is 0 Å². The highest BCUT2D eigenvalue weighted by Crippen LogP contribution is 2.22. The summed E-state index contributed by atoms with van der Waals surface area (Å²) in [6, 6.07) is 13.4. The number of aryl methyl sites for hydroxylation is 1. The van der Waals surface area contributed by atoms with Crippen LogP contribution >= 0.6 is 0 Å². The van der Waals surface area contributed by atoms with E-state index in [2.05, 4.69) is 4.98 Å². The fraction of sp³-hybridized carbons (Fsp3) is 0.348. The number of pyridine rings is 1. The number of rotatable bonds is 4. The molecule has 2 amide bonds. The van der Waals surface area contributed by atoms with Crippen molar-refractivity contribution in [3.63, 3.8) is 0 Å². The Labute approximate surface area is 170 Å². The normalized spacial score (nSPS) is 14.2. The van der Waals surface area contributed by atoms with Gasteiger partial charge in [-0.15, -0.1) is 0 Å². The van der Waals surface area contributed by atoms with E-state index in [1.54, 1.807) is 15.5 Å². The van der Waals surface area contributed by atoms with Gasteiger partial charge in [0.25, 0.3) is 11.8 Å². The first kappa shape index (κ1) is 19.2. The number of fused-ring (bicyclic) bond motifs is 1. The third kappa shape index (κ3) is 3.62. The first-order valence-electron chi connectivity index (χ1n) is 10.2. The average molecular weight is 390 g/mol. The summed E-state index contributed by atoms with van der Waals surface area (Å²) in [6.45, 7) is 5.95. The molecule has 0 atom stereocenters. The molecule has 2 aromatic heterocycles. The maximum atomic E-state index is 13.4. The van der Waals surface area contributed by atoms with E-state index in [1.807, 2.05) is 61.2 Å². The van der Waals surface area contributed by atoms with Crippen molar-refractivity contribution in [2.24, 2.45) is 0 Å². The zero-order valence-corrected chi connectivity index (χ0v) is 17.0. The highest BCUT2D eigenvalue weighted by Gasteiger charge is 2.28. The first-order chi connectivity index (χ1) is 14.1. The molecule has 1 saturated heterocycles.